The molecule has 0 unspecified atom stereocenters. The number of amides is 1. The molecule has 32 heavy (non-hydrogen) atoms. The molecule has 0 aromatic heterocycles. The van der Waals surface area contributed by atoms with E-state index in [9.17, 15) is 13.2 Å². The molecule has 0 aliphatic carbocycles. The number of hydrogen-bond donors (Lipinski definition) is 1. The van der Waals surface area contributed by atoms with E-state index in [1.165, 1.54) is 26.2 Å². The zero-order valence-electron chi connectivity index (χ0n) is 18.5. The van der Waals surface area contributed by atoms with Crippen LogP contribution < -0.4 is 15.0 Å². The Morgan fingerprint density at radius 3 is 2.47 bits per heavy atom. The van der Waals surface area contributed by atoms with Gasteiger partial charge in [0.2, 0.25) is 15.9 Å². The summed E-state index contributed by atoms with van der Waals surface area (Å²) in [6.07, 6.45) is 0. The highest BCUT2D eigenvalue weighted by Gasteiger charge is 2.23. The average molecular weight is 481 g/mol. The predicted molar refractivity (Wildman–Crippen MR) is 127 cm³/mol. The number of hydrogen-bond acceptors (Lipinski definition) is 6. The van der Waals surface area contributed by atoms with E-state index in [1.54, 1.807) is 6.07 Å². The normalized spacial score (nSPS) is 15.1. The molecule has 1 amide bonds. The van der Waals surface area contributed by atoms with E-state index in [4.69, 9.17) is 16.3 Å². The van der Waals surface area contributed by atoms with E-state index in [0.29, 0.717) is 12.3 Å². The lowest BCUT2D eigenvalue weighted by atomic mass is 10.2. The molecule has 1 heterocycles. The number of benzene rings is 2. The first-order valence-corrected chi connectivity index (χ1v) is 12.2. The molecule has 0 spiro atoms. The van der Waals surface area contributed by atoms with Gasteiger partial charge in [-0.1, -0.05) is 23.7 Å². The molecule has 2 aromatic rings. The minimum Gasteiger partial charge on any atom is -0.492 e. The van der Waals surface area contributed by atoms with Gasteiger partial charge in [0.05, 0.1) is 23.9 Å². The zero-order chi connectivity index (χ0) is 23.3. The highest BCUT2D eigenvalue weighted by Crippen LogP contribution is 2.29. The average Bonchev–Trinajstić information content (AvgIpc) is 2.76. The van der Waals surface area contributed by atoms with Crippen molar-refractivity contribution in [3.63, 3.8) is 0 Å². The van der Waals surface area contributed by atoms with E-state index in [1.807, 2.05) is 31.2 Å². The summed E-state index contributed by atoms with van der Waals surface area (Å²) in [6, 6.07) is 12.4. The number of ether oxygens (including phenoxy) is 1. The highest BCUT2D eigenvalue weighted by molar-refractivity contribution is 7.89. The van der Waals surface area contributed by atoms with Crippen LogP contribution in [0, 0.1) is 0 Å². The van der Waals surface area contributed by atoms with Gasteiger partial charge in [0.25, 0.3) is 0 Å². The van der Waals surface area contributed by atoms with Crippen molar-refractivity contribution in [1.29, 1.82) is 0 Å². The zero-order valence-corrected chi connectivity index (χ0v) is 20.1. The van der Waals surface area contributed by atoms with Crippen LogP contribution in [0.3, 0.4) is 0 Å². The summed E-state index contributed by atoms with van der Waals surface area (Å²) in [5.41, 5.74) is 1.46. The third-order valence-corrected chi connectivity index (χ3v) is 7.52. The fourth-order valence-corrected chi connectivity index (χ4v) is 4.92. The number of carbonyl (C=O) groups is 1. The Balaban J connectivity index is 1.58. The van der Waals surface area contributed by atoms with E-state index in [0.717, 1.165) is 41.9 Å². The fraction of sp³-hybridized carbons (Fsp3) is 0.409. The Labute approximate surface area is 194 Å². The lowest BCUT2D eigenvalue weighted by Gasteiger charge is -2.36. The maximum Gasteiger partial charge on any atom is 0.244 e. The molecule has 10 heteroatoms. The Hall–Kier alpha value is -2.33. The lowest BCUT2D eigenvalue weighted by Crippen LogP contribution is -2.48. The standard InChI is InChI=1S/C22H29ClN4O4S/c1-4-31-20-8-6-5-7-19(20)27-13-11-26(12-14-27)16-22(28)24-17-9-10-18(23)21(15-17)32(29,30)25(2)3/h5-10,15H,4,11-14,16H2,1-3H3,(H,24,28). The van der Waals surface area contributed by atoms with Gasteiger partial charge < -0.3 is 15.0 Å². The molecule has 0 bridgehead atoms. The van der Waals surface area contributed by atoms with Crippen LogP contribution in [0.2, 0.25) is 5.02 Å². The Kier molecular flexibility index (Phi) is 8.00. The molecule has 8 nitrogen and oxygen atoms in total. The SMILES string of the molecule is CCOc1ccccc1N1CCN(CC(=O)Nc2ccc(Cl)c(S(=O)(=O)N(C)C)c2)CC1. The summed E-state index contributed by atoms with van der Waals surface area (Å²) in [7, 11) is -0.842. The molecule has 0 saturated carbocycles. The van der Waals surface area contributed by atoms with Crippen molar-refractivity contribution in [2.24, 2.45) is 0 Å². The van der Waals surface area contributed by atoms with Crippen molar-refractivity contribution < 1.29 is 17.9 Å². The molecule has 0 radical (unpaired) electrons. The van der Waals surface area contributed by atoms with Gasteiger partial charge in [0.15, 0.2) is 0 Å². The van der Waals surface area contributed by atoms with Crippen LogP contribution in [0.15, 0.2) is 47.4 Å². The van der Waals surface area contributed by atoms with Crippen LogP contribution in [0.1, 0.15) is 6.92 Å². The quantitative estimate of drug-likeness (QED) is 0.625. The summed E-state index contributed by atoms with van der Waals surface area (Å²) in [5, 5.41) is 2.89. The molecule has 174 valence electrons. The van der Waals surface area contributed by atoms with E-state index >= 15 is 0 Å². The third kappa shape index (κ3) is 5.72. The molecule has 1 saturated heterocycles. The molecule has 2 aromatic carbocycles. The molecular formula is C22H29ClN4O4S. The van der Waals surface area contributed by atoms with Gasteiger partial charge in [-0.15, -0.1) is 0 Å². The Morgan fingerprint density at radius 2 is 1.81 bits per heavy atom. The molecule has 1 aliphatic heterocycles. The number of halogens is 1. The highest BCUT2D eigenvalue weighted by atomic mass is 35.5. The lowest BCUT2D eigenvalue weighted by molar-refractivity contribution is -0.117. The largest absolute Gasteiger partial charge is 0.492 e. The van der Waals surface area contributed by atoms with Crippen LogP contribution >= 0.6 is 11.6 Å². The van der Waals surface area contributed by atoms with E-state index in [2.05, 4.69) is 15.1 Å². The summed E-state index contributed by atoms with van der Waals surface area (Å²) in [6.45, 7) is 5.82. The van der Waals surface area contributed by atoms with E-state index in [-0.39, 0.29) is 22.4 Å². The second kappa shape index (κ2) is 10.5. The molecule has 1 fully saturated rings. The van der Waals surface area contributed by atoms with Crippen molar-refractivity contribution >= 4 is 38.9 Å². The first-order chi connectivity index (χ1) is 15.2. The number of nitrogens with zero attached hydrogens (tertiary/aromatic N) is 3. The monoisotopic (exact) mass is 480 g/mol. The van der Waals surface area contributed by atoms with Gasteiger partial charge in [-0.05, 0) is 37.3 Å². The van der Waals surface area contributed by atoms with Crippen LogP contribution in [0.4, 0.5) is 11.4 Å². The van der Waals surface area contributed by atoms with Crippen molar-refractivity contribution in [1.82, 2.24) is 9.21 Å². The van der Waals surface area contributed by atoms with Gasteiger partial charge in [0, 0.05) is 46.0 Å². The molecule has 3 rings (SSSR count). The summed E-state index contributed by atoms with van der Waals surface area (Å²) in [5.74, 6) is 0.663. The van der Waals surface area contributed by atoms with Crippen LogP contribution in [-0.2, 0) is 14.8 Å². The van der Waals surface area contributed by atoms with Crippen molar-refractivity contribution in [2.75, 3.05) is 63.6 Å². The Bertz CT molecular complexity index is 1050. The molecule has 0 atom stereocenters. The summed E-state index contributed by atoms with van der Waals surface area (Å²) in [4.78, 5) is 16.9. The number of para-hydroxylation sites is 2. The van der Waals surface area contributed by atoms with Gasteiger partial charge in [-0.3, -0.25) is 9.69 Å². The number of rotatable bonds is 8. The molecular weight excluding hydrogens is 452 g/mol. The first-order valence-electron chi connectivity index (χ1n) is 10.4. The predicted octanol–water partition coefficient (Wildman–Crippen LogP) is 2.75. The van der Waals surface area contributed by atoms with Crippen LogP contribution in [0.25, 0.3) is 0 Å². The van der Waals surface area contributed by atoms with Crippen LogP contribution in [0.5, 0.6) is 5.75 Å². The minimum atomic E-state index is -3.71. The van der Waals surface area contributed by atoms with Crippen molar-refractivity contribution in [3.8, 4) is 5.75 Å². The number of sulfonamides is 1. The fourth-order valence-electron chi connectivity index (χ4n) is 3.52. The third-order valence-electron chi connectivity index (χ3n) is 5.22. The minimum absolute atomic E-state index is 0.0384. The Morgan fingerprint density at radius 1 is 1.12 bits per heavy atom. The van der Waals surface area contributed by atoms with Crippen LogP contribution in [-0.4, -0.2) is 77.0 Å². The van der Waals surface area contributed by atoms with Crippen molar-refractivity contribution in [2.45, 2.75) is 11.8 Å². The number of carbonyl (C=O) groups excluding carboxylic acids is 1. The second-order valence-corrected chi connectivity index (χ2v) is 10.2. The van der Waals surface area contributed by atoms with Gasteiger partial charge >= 0.3 is 0 Å². The molecule has 1 aliphatic rings. The first kappa shape index (κ1) is 24.3. The number of nitrogens with one attached hydrogen (secondary N) is 1. The van der Waals surface area contributed by atoms with Crippen molar-refractivity contribution in [3.05, 3.63) is 47.5 Å². The maximum absolute atomic E-state index is 12.6. The van der Waals surface area contributed by atoms with Gasteiger partial charge in [-0.2, -0.15) is 0 Å². The number of piperazine rings is 1. The second-order valence-electron chi connectivity index (χ2n) is 7.64. The summed E-state index contributed by atoms with van der Waals surface area (Å²) < 4.78 is 31.7. The van der Waals surface area contributed by atoms with Gasteiger partial charge in [0.1, 0.15) is 10.6 Å². The smallest absolute Gasteiger partial charge is 0.244 e. The molecule has 1 N–H and O–H groups in total. The topological polar surface area (TPSA) is 82.2 Å². The van der Waals surface area contributed by atoms with Gasteiger partial charge in [-0.25, -0.2) is 12.7 Å². The maximum atomic E-state index is 12.6. The van der Waals surface area contributed by atoms with E-state index < -0.39 is 10.0 Å². The number of anilines is 2. The summed E-state index contributed by atoms with van der Waals surface area (Å²) >= 11 is 6.07.